The normalized spacial score (nSPS) is 11.2. The molecule has 1 aromatic heterocycles. The number of hydrogen-bond acceptors (Lipinski definition) is 6. The molecule has 2 N–H and O–H groups in total. The number of carboxylic acids is 1. The van der Waals surface area contributed by atoms with E-state index in [1.807, 2.05) is 0 Å². The highest BCUT2D eigenvalue weighted by Crippen LogP contribution is 2.29. The van der Waals surface area contributed by atoms with Gasteiger partial charge >= 0.3 is 5.97 Å². The molecule has 0 atom stereocenters. The lowest BCUT2D eigenvalue weighted by Gasteiger charge is -2.11. The number of ether oxygens (including phenoxy) is 1. The van der Waals surface area contributed by atoms with Crippen LogP contribution in [0.25, 0.3) is 0 Å². The number of methoxy groups -OCH3 is 1. The van der Waals surface area contributed by atoms with Crippen LogP contribution in [0.5, 0.6) is 5.75 Å². The number of halogens is 1. The summed E-state index contributed by atoms with van der Waals surface area (Å²) in [5.74, 6) is -1.26. The lowest BCUT2D eigenvalue weighted by Crippen LogP contribution is -2.15. The molecule has 162 valence electrons. The van der Waals surface area contributed by atoms with Gasteiger partial charge in [0.1, 0.15) is 5.75 Å². The molecule has 3 rings (SSSR count). The number of nitrogens with zero attached hydrogens (tertiary/aromatic N) is 2. The number of sulfone groups is 1. The van der Waals surface area contributed by atoms with Gasteiger partial charge < -0.3 is 15.2 Å². The average Bonchev–Trinajstić information content (AvgIpc) is 3.22. The Bertz CT molecular complexity index is 1220. The van der Waals surface area contributed by atoms with Gasteiger partial charge in [-0.3, -0.25) is 9.48 Å². The van der Waals surface area contributed by atoms with Crippen LogP contribution in [0.4, 0.5) is 5.69 Å². The summed E-state index contributed by atoms with van der Waals surface area (Å²) in [5, 5.41) is 15.8. The Morgan fingerprint density at radius 2 is 1.87 bits per heavy atom. The van der Waals surface area contributed by atoms with E-state index in [9.17, 15) is 18.0 Å². The van der Waals surface area contributed by atoms with Crippen LogP contribution in [-0.4, -0.2) is 42.3 Å². The Morgan fingerprint density at radius 1 is 1.16 bits per heavy atom. The summed E-state index contributed by atoms with van der Waals surface area (Å²) in [4.78, 5) is 23.2. The van der Waals surface area contributed by atoms with E-state index in [0.29, 0.717) is 5.02 Å². The molecule has 0 spiro atoms. The number of carbonyl (C=O) groups is 2. The van der Waals surface area contributed by atoms with Crippen molar-refractivity contribution < 1.29 is 27.9 Å². The maximum absolute atomic E-state index is 12.9. The van der Waals surface area contributed by atoms with E-state index in [1.165, 1.54) is 66.6 Å². The molecule has 0 saturated carbocycles. The van der Waals surface area contributed by atoms with Crippen LogP contribution in [0.1, 0.15) is 16.8 Å². The zero-order valence-corrected chi connectivity index (χ0v) is 17.9. The molecular formula is C20H18ClN3O6S. The highest BCUT2D eigenvalue weighted by molar-refractivity contribution is 7.91. The molecule has 0 radical (unpaired) electrons. The zero-order valence-electron chi connectivity index (χ0n) is 16.3. The maximum Gasteiger partial charge on any atom is 0.338 e. The lowest BCUT2D eigenvalue weighted by molar-refractivity contribution is -0.116. The topological polar surface area (TPSA) is 128 Å². The van der Waals surface area contributed by atoms with Crippen LogP contribution in [0.3, 0.4) is 0 Å². The number of aromatic carboxylic acids is 1. The van der Waals surface area contributed by atoms with Crippen LogP contribution >= 0.6 is 11.6 Å². The molecule has 11 heteroatoms. The number of benzene rings is 2. The molecular weight excluding hydrogens is 446 g/mol. The molecule has 1 amide bonds. The van der Waals surface area contributed by atoms with Crippen molar-refractivity contribution in [3.63, 3.8) is 0 Å². The maximum atomic E-state index is 12.9. The summed E-state index contributed by atoms with van der Waals surface area (Å²) < 4.78 is 32.4. The number of nitrogens with one attached hydrogen (secondary N) is 1. The Labute approximate surface area is 183 Å². The van der Waals surface area contributed by atoms with Gasteiger partial charge in [0.05, 0.1) is 28.7 Å². The Balaban J connectivity index is 1.77. The second-order valence-corrected chi connectivity index (χ2v) is 8.84. The fraction of sp³-hybridized carbons (Fsp3) is 0.150. The standard InChI is InChI=1S/C20H18ClN3O6S/c1-30-16-8-15(23-19(25)6-7-24-12-13(11-22-24)20(26)27)9-18(10-16)31(28,29)17-4-2-14(21)3-5-17/h2-5,8-12H,6-7H2,1H3,(H,23,25)(H,26,27). The van der Waals surface area contributed by atoms with Gasteiger partial charge in [0.2, 0.25) is 15.7 Å². The Hall–Kier alpha value is -3.37. The van der Waals surface area contributed by atoms with Gasteiger partial charge in [0.15, 0.2) is 0 Å². The second kappa shape index (κ2) is 9.19. The van der Waals surface area contributed by atoms with E-state index in [4.69, 9.17) is 21.4 Å². The van der Waals surface area contributed by atoms with Crippen LogP contribution in [0.15, 0.2) is 64.6 Å². The molecule has 2 aromatic carbocycles. The quantitative estimate of drug-likeness (QED) is 0.525. The van der Waals surface area contributed by atoms with Crippen molar-refractivity contribution in [3.8, 4) is 5.75 Å². The van der Waals surface area contributed by atoms with Crippen molar-refractivity contribution in [2.75, 3.05) is 12.4 Å². The van der Waals surface area contributed by atoms with Crippen molar-refractivity contribution in [1.29, 1.82) is 0 Å². The molecule has 31 heavy (non-hydrogen) atoms. The monoisotopic (exact) mass is 463 g/mol. The first-order valence-electron chi connectivity index (χ1n) is 8.94. The number of aryl methyl sites for hydroxylation is 1. The van der Waals surface area contributed by atoms with Crippen LogP contribution in [-0.2, 0) is 21.2 Å². The number of rotatable bonds is 8. The predicted molar refractivity (Wildman–Crippen MR) is 112 cm³/mol. The highest BCUT2D eigenvalue weighted by Gasteiger charge is 2.20. The molecule has 0 saturated heterocycles. The Morgan fingerprint density at radius 3 is 2.48 bits per heavy atom. The highest BCUT2D eigenvalue weighted by atomic mass is 35.5. The van der Waals surface area contributed by atoms with Crippen molar-refractivity contribution in [1.82, 2.24) is 9.78 Å². The third-order valence-electron chi connectivity index (χ3n) is 4.28. The molecule has 0 aliphatic heterocycles. The van der Waals surface area contributed by atoms with E-state index < -0.39 is 21.7 Å². The molecule has 0 bridgehead atoms. The van der Waals surface area contributed by atoms with E-state index in [1.54, 1.807) is 0 Å². The van der Waals surface area contributed by atoms with Gasteiger partial charge in [-0.1, -0.05) is 11.6 Å². The molecule has 3 aromatic rings. The van der Waals surface area contributed by atoms with Gasteiger partial charge in [0, 0.05) is 35.9 Å². The first-order chi connectivity index (χ1) is 14.7. The third kappa shape index (κ3) is 5.41. The summed E-state index contributed by atoms with van der Waals surface area (Å²) in [6.45, 7) is 0.152. The van der Waals surface area contributed by atoms with Gasteiger partial charge in [-0.2, -0.15) is 5.10 Å². The minimum Gasteiger partial charge on any atom is -0.497 e. The molecule has 0 aliphatic rings. The van der Waals surface area contributed by atoms with Crippen molar-refractivity contribution in [2.45, 2.75) is 22.8 Å². The van der Waals surface area contributed by atoms with E-state index in [0.717, 1.165) is 0 Å². The van der Waals surface area contributed by atoms with Gasteiger partial charge in [0.25, 0.3) is 0 Å². The molecule has 0 unspecified atom stereocenters. The SMILES string of the molecule is COc1cc(NC(=O)CCn2cc(C(=O)O)cn2)cc(S(=O)(=O)c2ccc(Cl)cc2)c1. The van der Waals surface area contributed by atoms with Crippen molar-refractivity contribution in [3.05, 3.63) is 65.4 Å². The Kier molecular flexibility index (Phi) is 6.62. The summed E-state index contributed by atoms with van der Waals surface area (Å²) in [7, 11) is -2.48. The second-order valence-electron chi connectivity index (χ2n) is 6.45. The van der Waals surface area contributed by atoms with E-state index >= 15 is 0 Å². The minimum absolute atomic E-state index is 0.00276. The minimum atomic E-state index is -3.87. The first kappa shape index (κ1) is 22.3. The van der Waals surface area contributed by atoms with Gasteiger partial charge in [-0.15, -0.1) is 0 Å². The fourth-order valence-electron chi connectivity index (χ4n) is 2.70. The molecule has 0 aliphatic carbocycles. The number of carbonyl (C=O) groups excluding carboxylic acids is 1. The number of amides is 1. The van der Waals surface area contributed by atoms with Crippen molar-refractivity contribution >= 4 is 39.0 Å². The summed E-state index contributed by atoms with van der Waals surface area (Å²) >= 11 is 5.83. The average molecular weight is 464 g/mol. The number of anilines is 1. The smallest absolute Gasteiger partial charge is 0.338 e. The third-order valence-corrected chi connectivity index (χ3v) is 6.28. The fourth-order valence-corrected chi connectivity index (χ4v) is 4.15. The zero-order chi connectivity index (χ0) is 22.6. The van der Waals surface area contributed by atoms with E-state index in [-0.39, 0.29) is 39.8 Å². The number of aromatic nitrogens is 2. The van der Waals surface area contributed by atoms with Gasteiger partial charge in [-0.05, 0) is 36.4 Å². The van der Waals surface area contributed by atoms with Crippen LogP contribution < -0.4 is 10.1 Å². The summed E-state index contributed by atoms with van der Waals surface area (Å²) in [5.41, 5.74) is 0.258. The largest absolute Gasteiger partial charge is 0.497 e. The number of carboxylic acid groups (broad SMARTS) is 1. The first-order valence-corrected chi connectivity index (χ1v) is 10.8. The molecule has 9 nitrogen and oxygen atoms in total. The van der Waals surface area contributed by atoms with Crippen LogP contribution in [0.2, 0.25) is 5.02 Å². The lowest BCUT2D eigenvalue weighted by atomic mass is 10.3. The molecule has 0 fully saturated rings. The molecule has 1 heterocycles. The summed E-state index contributed by atoms with van der Waals surface area (Å²) in [6, 6.07) is 9.92. The number of hydrogen-bond donors (Lipinski definition) is 2. The van der Waals surface area contributed by atoms with Crippen molar-refractivity contribution in [2.24, 2.45) is 0 Å². The van der Waals surface area contributed by atoms with E-state index in [2.05, 4.69) is 10.4 Å². The summed E-state index contributed by atoms with van der Waals surface area (Å²) in [6.07, 6.45) is 2.51. The van der Waals surface area contributed by atoms with Gasteiger partial charge in [-0.25, -0.2) is 13.2 Å². The predicted octanol–water partition coefficient (Wildman–Crippen LogP) is 3.10. The van der Waals surface area contributed by atoms with Crippen LogP contribution in [0, 0.1) is 0 Å².